The van der Waals surface area contributed by atoms with E-state index in [9.17, 15) is 14.7 Å². The van der Waals surface area contributed by atoms with E-state index in [1.807, 2.05) is 0 Å². The van der Waals surface area contributed by atoms with Gasteiger partial charge in [0.25, 0.3) is 0 Å². The summed E-state index contributed by atoms with van der Waals surface area (Å²) in [6.45, 7) is 1.83. The second kappa shape index (κ2) is 8.63. The Morgan fingerprint density at radius 3 is 2.52 bits per heavy atom. The number of carboxylic acid groups (broad SMARTS) is 1. The summed E-state index contributed by atoms with van der Waals surface area (Å²) < 4.78 is 0. The molecule has 1 amide bonds. The molecule has 9 heteroatoms. The Bertz CT molecular complexity index is 421. The van der Waals surface area contributed by atoms with Crippen molar-refractivity contribution in [3.05, 3.63) is 0 Å². The predicted octanol–water partition coefficient (Wildman–Crippen LogP) is -1.23. The topological polar surface area (TPSA) is 145 Å². The van der Waals surface area contributed by atoms with E-state index < -0.39 is 24.7 Å². The molecule has 7 N–H and O–H groups in total. The van der Waals surface area contributed by atoms with Crippen LogP contribution in [0, 0.1) is 11.8 Å². The van der Waals surface area contributed by atoms with Crippen molar-refractivity contribution < 1.29 is 24.7 Å². The Morgan fingerprint density at radius 2 is 2.04 bits per heavy atom. The van der Waals surface area contributed by atoms with Crippen molar-refractivity contribution in [3.8, 4) is 0 Å². The Balaban J connectivity index is 2.78. The van der Waals surface area contributed by atoms with Gasteiger partial charge in [-0.05, 0) is 45.5 Å². The number of carbonyl (C=O) groups is 2. The van der Waals surface area contributed by atoms with Gasteiger partial charge in [-0.25, -0.2) is 0 Å². The van der Waals surface area contributed by atoms with Crippen molar-refractivity contribution in [1.29, 1.82) is 0 Å². The molecule has 0 unspecified atom stereocenters. The van der Waals surface area contributed by atoms with Gasteiger partial charge < -0.3 is 31.5 Å². The number of likely N-dealkylation sites (N-methyl/N-ethyl adjacent to an activating group) is 1. The normalized spacial score (nSPS) is 28.9. The highest BCUT2D eigenvalue weighted by Gasteiger charge is 2.48. The monoisotopic (exact) mass is 329 g/mol. The molecule has 1 aliphatic rings. The third-order valence-corrected chi connectivity index (χ3v) is 4.83. The highest BCUT2D eigenvalue weighted by molar-refractivity contribution is 6.40. The second-order valence-electron chi connectivity index (χ2n) is 6.46. The maximum Gasteiger partial charge on any atom is 0.451 e. The van der Waals surface area contributed by atoms with Crippen molar-refractivity contribution in [2.45, 2.75) is 50.5 Å². The van der Waals surface area contributed by atoms with Crippen molar-refractivity contribution >= 4 is 19.0 Å². The van der Waals surface area contributed by atoms with Crippen molar-refractivity contribution in [2.24, 2.45) is 17.6 Å². The summed E-state index contributed by atoms with van der Waals surface area (Å²) in [6.07, 6.45) is 2.62. The minimum atomic E-state index is -1.37. The average Bonchev–Trinajstić information content (AvgIpc) is 2.50. The van der Waals surface area contributed by atoms with Gasteiger partial charge in [0.15, 0.2) is 0 Å². The number of rotatable bonds is 8. The molecule has 8 nitrogen and oxygen atoms in total. The molecule has 0 radical (unpaired) electrons. The lowest BCUT2D eigenvalue weighted by molar-refractivity contribution is -0.150. The summed E-state index contributed by atoms with van der Waals surface area (Å²) in [4.78, 5) is 23.5. The summed E-state index contributed by atoms with van der Waals surface area (Å²) in [6, 6.07) is -0.633. The summed E-state index contributed by atoms with van der Waals surface area (Å²) >= 11 is 0. The summed E-state index contributed by atoms with van der Waals surface area (Å²) in [5, 5.41) is 33.4. The maximum absolute atomic E-state index is 11.9. The molecule has 0 saturated heterocycles. The summed E-state index contributed by atoms with van der Waals surface area (Å²) in [5.74, 6) is -1.40. The van der Waals surface area contributed by atoms with Gasteiger partial charge in [0.05, 0.1) is 6.04 Å². The predicted molar refractivity (Wildman–Crippen MR) is 86.5 cm³/mol. The number of aliphatic carboxylic acids is 1. The van der Waals surface area contributed by atoms with Crippen molar-refractivity contribution in [3.63, 3.8) is 0 Å². The van der Waals surface area contributed by atoms with Gasteiger partial charge in [-0.1, -0.05) is 6.42 Å². The fourth-order valence-electron chi connectivity index (χ4n) is 3.37. The van der Waals surface area contributed by atoms with Crippen LogP contribution in [0.1, 0.15) is 32.6 Å². The van der Waals surface area contributed by atoms with E-state index in [2.05, 4.69) is 10.6 Å². The first-order valence-electron chi connectivity index (χ1n) is 8.04. The maximum atomic E-state index is 11.9. The number of nitrogens with one attached hydrogen (secondary N) is 2. The standard InChI is InChI=1S/C14H28BN3O5/c1-9(16)12(19)18-8-11-4-3-10(5-6-15(22)23)7-14(11,17-2)13(20)21/h9-11,17,22-23H,3-8,16H2,1-2H3,(H,18,19)(H,20,21)/t9-,10-,11-,14+/m0/s1. The van der Waals surface area contributed by atoms with E-state index in [0.29, 0.717) is 19.3 Å². The van der Waals surface area contributed by atoms with Crippen LogP contribution in [0.3, 0.4) is 0 Å². The lowest BCUT2D eigenvalue weighted by Crippen LogP contribution is -2.61. The van der Waals surface area contributed by atoms with Gasteiger partial charge in [-0.2, -0.15) is 0 Å². The first kappa shape index (κ1) is 19.9. The van der Waals surface area contributed by atoms with Crippen LogP contribution in [0.25, 0.3) is 0 Å². The van der Waals surface area contributed by atoms with Crippen LogP contribution in [0.4, 0.5) is 0 Å². The SMILES string of the molecule is CN[C@]1(C(=O)O)C[C@H](CCB(O)O)CC[C@H]1CNC(=O)[C@H](C)N. The second-order valence-corrected chi connectivity index (χ2v) is 6.46. The van der Waals surface area contributed by atoms with Crippen LogP contribution in [-0.4, -0.2) is 59.3 Å². The summed E-state index contributed by atoms with van der Waals surface area (Å²) in [5.41, 5.74) is 4.38. The van der Waals surface area contributed by atoms with Gasteiger partial charge in [-0.3, -0.25) is 9.59 Å². The number of hydrogen-bond donors (Lipinski definition) is 6. The first-order valence-corrected chi connectivity index (χ1v) is 8.04. The molecule has 0 bridgehead atoms. The molecule has 1 rings (SSSR count). The van der Waals surface area contributed by atoms with Crippen LogP contribution in [0.2, 0.25) is 6.32 Å². The fraction of sp³-hybridized carbons (Fsp3) is 0.857. The number of carboxylic acids is 1. The van der Waals surface area contributed by atoms with E-state index >= 15 is 0 Å². The fourth-order valence-corrected chi connectivity index (χ4v) is 3.37. The molecule has 0 spiro atoms. The number of nitrogens with two attached hydrogens (primary N) is 1. The molecular weight excluding hydrogens is 301 g/mol. The highest BCUT2D eigenvalue weighted by Crippen LogP contribution is 2.39. The third-order valence-electron chi connectivity index (χ3n) is 4.83. The number of carbonyl (C=O) groups excluding carboxylic acids is 1. The van der Waals surface area contributed by atoms with E-state index in [0.717, 1.165) is 6.42 Å². The Hall–Kier alpha value is -1.16. The third kappa shape index (κ3) is 5.17. The zero-order valence-electron chi connectivity index (χ0n) is 13.8. The van der Waals surface area contributed by atoms with E-state index in [4.69, 9.17) is 15.8 Å². The lowest BCUT2D eigenvalue weighted by Gasteiger charge is -2.44. The van der Waals surface area contributed by atoms with Gasteiger partial charge in [0.2, 0.25) is 5.91 Å². The molecule has 0 aromatic heterocycles. The van der Waals surface area contributed by atoms with Crippen LogP contribution < -0.4 is 16.4 Å². The zero-order chi connectivity index (χ0) is 17.6. The molecule has 1 saturated carbocycles. The molecule has 0 aromatic carbocycles. The minimum absolute atomic E-state index is 0.0979. The average molecular weight is 329 g/mol. The molecule has 132 valence electrons. The molecular formula is C14H28BN3O5. The van der Waals surface area contributed by atoms with Gasteiger partial charge in [-0.15, -0.1) is 0 Å². The van der Waals surface area contributed by atoms with Gasteiger partial charge in [0, 0.05) is 12.5 Å². The van der Waals surface area contributed by atoms with Gasteiger partial charge in [0.1, 0.15) is 5.54 Å². The Kier molecular flexibility index (Phi) is 7.46. The largest absolute Gasteiger partial charge is 0.480 e. The lowest BCUT2D eigenvalue weighted by atomic mass is 9.65. The van der Waals surface area contributed by atoms with Crippen LogP contribution >= 0.6 is 0 Å². The first-order chi connectivity index (χ1) is 10.7. The molecule has 23 heavy (non-hydrogen) atoms. The van der Waals surface area contributed by atoms with Crippen LogP contribution in [-0.2, 0) is 9.59 Å². The molecule has 1 aliphatic carbocycles. The molecule has 1 fully saturated rings. The molecule has 0 aromatic rings. The van der Waals surface area contributed by atoms with Crippen molar-refractivity contribution in [1.82, 2.24) is 10.6 Å². The summed E-state index contributed by atoms with van der Waals surface area (Å²) in [7, 11) is 0.240. The minimum Gasteiger partial charge on any atom is -0.480 e. The quantitative estimate of drug-likeness (QED) is 0.306. The Labute approximate surface area is 137 Å². The van der Waals surface area contributed by atoms with Crippen LogP contribution in [0.5, 0.6) is 0 Å². The Morgan fingerprint density at radius 1 is 1.39 bits per heavy atom. The smallest absolute Gasteiger partial charge is 0.451 e. The molecule has 0 aliphatic heterocycles. The van der Waals surface area contributed by atoms with E-state index in [-0.39, 0.29) is 30.6 Å². The molecule has 0 heterocycles. The van der Waals surface area contributed by atoms with Crippen LogP contribution in [0.15, 0.2) is 0 Å². The number of hydrogen-bond acceptors (Lipinski definition) is 6. The number of amides is 1. The molecule has 4 atom stereocenters. The zero-order valence-corrected chi connectivity index (χ0v) is 13.8. The van der Waals surface area contributed by atoms with E-state index in [1.165, 1.54) is 0 Å². The van der Waals surface area contributed by atoms with E-state index in [1.54, 1.807) is 14.0 Å². The van der Waals surface area contributed by atoms with Gasteiger partial charge >= 0.3 is 13.1 Å². The highest BCUT2D eigenvalue weighted by atomic mass is 16.4. The van der Waals surface area contributed by atoms with Crippen molar-refractivity contribution in [2.75, 3.05) is 13.6 Å².